The quantitative estimate of drug-likeness (QED) is 0.0404. The van der Waals surface area contributed by atoms with E-state index in [1.807, 2.05) is 50.6 Å². The fourth-order valence-corrected chi connectivity index (χ4v) is 4.81. The van der Waals surface area contributed by atoms with Gasteiger partial charge in [0.1, 0.15) is 33.4 Å². The number of rotatable bonds is 13. The zero-order chi connectivity index (χ0) is 40.2. The summed E-state index contributed by atoms with van der Waals surface area (Å²) in [5, 5.41) is 18.1. The van der Waals surface area contributed by atoms with E-state index in [9.17, 15) is 28.4 Å². The summed E-state index contributed by atoms with van der Waals surface area (Å²) in [5.41, 5.74) is 1.05. The number of hydrogen-bond donors (Lipinski definition) is 0. The smallest absolute Gasteiger partial charge is 0.447 e. The van der Waals surface area contributed by atoms with E-state index >= 15 is 0 Å². The Bertz CT molecular complexity index is 1720. The molecule has 2 amide bonds. The van der Waals surface area contributed by atoms with Gasteiger partial charge in [0, 0.05) is 19.7 Å². The number of halogens is 2. The Hall–Kier alpha value is -4.99. The summed E-state index contributed by atoms with van der Waals surface area (Å²) in [6.45, 7) is 4.16. The molecular weight excluding hydrogens is 765 g/mol. The summed E-state index contributed by atoms with van der Waals surface area (Å²) in [5.74, 6) is -0.302. The van der Waals surface area contributed by atoms with Crippen LogP contribution in [-0.2, 0) is 19.2 Å². The molecule has 54 heavy (non-hydrogen) atoms. The Kier molecular flexibility index (Phi) is 19.8. The highest BCUT2D eigenvalue weighted by atomic mass is 32.2. The molecule has 0 radical (unpaired) electrons. The predicted molar refractivity (Wildman–Crippen MR) is 207 cm³/mol. The monoisotopic (exact) mass is 805 g/mol. The number of hydrogen-bond acceptors (Lipinski definition) is 14. The minimum Gasteiger partial charge on any atom is -0.457 e. The number of esters is 1. The summed E-state index contributed by atoms with van der Waals surface area (Å²) in [6, 6.07) is 23.8. The Labute approximate surface area is 326 Å². The summed E-state index contributed by atoms with van der Waals surface area (Å²) >= 11 is 3.51. The third-order valence-corrected chi connectivity index (χ3v) is 8.85. The molecular formula is C36H41F2N5O8S3. The normalized spacial score (nSPS) is 12.4. The standard InChI is InChI=1S/C26H23F2NO4.C10H18N4O4S3/c1-17(2)24(18-11-13-21(14-12-18)32-26(27)28)25(30)33-23(16-29)19-7-6-10-22(15-19)31-20-8-4-3-5-9-20;1-7(19-5)11-17-9(15)13(3)21-14(4)10(16)18-12-8(2)20-6/h3-15,17,23-24,26H,1-2H3;1-6H3/b;11-7-,12-8-/t23?,24-;/m0./s1. The molecule has 0 spiro atoms. The van der Waals surface area contributed by atoms with Crippen LogP contribution >= 0.6 is 35.7 Å². The highest BCUT2D eigenvalue weighted by molar-refractivity contribution is 8.13. The van der Waals surface area contributed by atoms with Crippen LogP contribution in [0.25, 0.3) is 0 Å². The van der Waals surface area contributed by atoms with E-state index in [1.165, 1.54) is 49.8 Å². The van der Waals surface area contributed by atoms with Gasteiger partial charge in [-0.2, -0.15) is 14.0 Å². The molecule has 0 saturated heterocycles. The zero-order valence-corrected chi connectivity index (χ0v) is 33.2. The number of nitriles is 1. The van der Waals surface area contributed by atoms with Gasteiger partial charge in [-0.05, 0) is 74.2 Å². The van der Waals surface area contributed by atoms with Crippen LogP contribution < -0.4 is 9.47 Å². The lowest BCUT2D eigenvalue weighted by molar-refractivity contribution is -0.150. The summed E-state index contributed by atoms with van der Waals surface area (Å²) in [7, 11) is 2.88. The van der Waals surface area contributed by atoms with Crippen LogP contribution in [0.4, 0.5) is 18.4 Å². The molecule has 0 aromatic heterocycles. The van der Waals surface area contributed by atoms with Crippen LogP contribution in [0.15, 0.2) is 89.2 Å². The maximum absolute atomic E-state index is 13.0. The van der Waals surface area contributed by atoms with Gasteiger partial charge in [0.05, 0.1) is 18.1 Å². The van der Waals surface area contributed by atoms with Gasteiger partial charge >= 0.3 is 24.8 Å². The number of alkyl halides is 2. The fraction of sp³-hybridized carbons (Fsp3) is 0.333. The van der Waals surface area contributed by atoms with E-state index in [2.05, 4.69) is 24.7 Å². The highest BCUT2D eigenvalue weighted by Gasteiger charge is 2.29. The van der Waals surface area contributed by atoms with Crippen LogP contribution in [0.1, 0.15) is 50.8 Å². The van der Waals surface area contributed by atoms with Crippen molar-refractivity contribution in [3.63, 3.8) is 0 Å². The van der Waals surface area contributed by atoms with Crippen molar-refractivity contribution in [2.24, 2.45) is 16.2 Å². The van der Waals surface area contributed by atoms with Gasteiger partial charge in [-0.1, -0.05) is 66.6 Å². The second-order valence-electron chi connectivity index (χ2n) is 11.0. The van der Waals surface area contributed by atoms with Crippen molar-refractivity contribution >= 4 is 63.9 Å². The van der Waals surface area contributed by atoms with Gasteiger partial charge < -0.3 is 14.2 Å². The minimum atomic E-state index is -2.93. The van der Waals surface area contributed by atoms with E-state index in [0.717, 1.165) is 20.7 Å². The average Bonchev–Trinajstić information content (AvgIpc) is 3.15. The molecule has 1 unspecified atom stereocenters. The lowest BCUT2D eigenvalue weighted by Gasteiger charge is -2.22. The largest absolute Gasteiger partial charge is 0.457 e. The van der Waals surface area contributed by atoms with Gasteiger partial charge in [0.2, 0.25) is 6.10 Å². The molecule has 0 fully saturated rings. The Balaban J connectivity index is 0.000000417. The lowest BCUT2D eigenvalue weighted by atomic mass is 9.88. The van der Waals surface area contributed by atoms with Crippen molar-refractivity contribution in [2.75, 3.05) is 26.6 Å². The number of para-hydroxylation sites is 1. The SMILES string of the molecule is CC(C)[C@H](C(=O)OC(C#N)c1cccc(Oc2ccccc2)c1)c1ccc(OC(F)F)cc1.CS/C(C)=N\OC(=O)N(C)SN(C)C(=O)O/N=C(/C)SC. The molecule has 2 atom stereocenters. The molecule has 3 aromatic carbocycles. The first-order valence-corrected chi connectivity index (χ1v) is 19.1. The van der Waals surface area contributed by atoms with Crippen LogP contribution in [0, 0.1) is 17.2 Å². The Morgan fingerprint density at radius 1 is 0.759 bits per heavy atom. The van der Waals surface area contributed by atoms with E-state index in [0.29, 0.717) is 32.7 Å². The summed E-state index contributed by atoms with van der Waals surface area (Å²) < 4.78 is 42.7. The number of nitrogens with zero attached hydrogens (tertiary/aromatic N) is 5. The minimum absolute atomic E-state index is 0.00486. The van der Waals surface area contributed by atoms with Crippen molar-refractivity contribution in [3.8, 4) is 23.3 Å². The van der Waals surface area contributed by atoms with Crippen molar-refractivity contribution in [2.45, 2.75) is 46.3 Å². The highest BCUT2D eigenvalue weighted by Crippen LogP contribution is 2.32. The second kappa shape index (κ2) is 23.6. The Morgan fingerprint density at radius 3 is 1.78 bits per heavy atom. The van der Waals surface area contributed by atoms with Gasteiger partial charge in [-0.3, -0.25) is 14.5 Å². The third-order valence-electron chi connectivity index (χ3n) is 6.73. The first-order valence-electron chi connectivity index (χ1n) is 15.9. The molecule has 0 aliphatic heterocycles. The van der Waals surface area contributed by atoms with Gasteiger partial charge in [0.15, 0.2) is 0 Å². The number of oxime groups is 2. The van der Waals surface area contributed by atoms with Gasteiger partial charge in [-0.15, -0.1) is 23.5 Å². The van der Waals surface area contributed by atoms with Crippen molar-refractivity contribution in [1.82, 2.24) is 8.61 Å². The first kappa shape index (κ1) is 45.2. The van der Waals surface area contributed by atoms with Gasteiger partial charge in [0.25, 0.3) is 0 Å². The molecule has 0 aliphatic rings. The van der Waals surface area contributed by atoms with E-state index in [-0.39, 0.29) is 11.7 Å². The summed E-state index contributed by atoms with van der Waals surface area (Å²) in [6.07, 6.45) is 1.06. The van der Waals surface area contributed by atoms with Crippen LogP contribution in [0.5, 0.6) is 17.2 Å². The van der Waals surface area contributed by atoms with Crippen LogP contribution in [0.2, 0.25) is 0 Å². The van der Waals surface area contributed by atoms with Crippen molar-refractivity contribution < 1.29 is 47.1 Å². The van der Waals surface area contributed by atoms with Crippen LogP contribution in [0.3, 0.4) is 0 Å². The average molecular weight is 806 g/mol. The molecule has 0 aliphatic carbocycles. The molecule has 0 saturated carbocycles. The number of amides is 2. The second-order valence-corrected chi connectivity index (χ2v) is 14.3. The topological polar surface area (TPSA) is 152 Å². The fourth-order valence-electron chi connectivity index (χ4n) is 4.02. The molecule has 3 aromatic rings. The molecule has 3 rings (SSSR count). The third kappa shape index (κ3) is 15.9. The molecule has 0 N–H and O–H groups in total. The summed E-state index contributed by atoms with van der Waals surface area (Å²) in [4.78, 5) is 45.5. The number of ether oxygens (including phenoxy) is 3. The zero-order valence-electron chi connectivity index (χ0n) is 30.8. The predicted octanol–water partition coefficient (Wildman–Crippen LogP) is 9.71. The molecule has 0 bridgehead atoms. The number of carbonyl (C=O) groups is 3. The number of benzene rings is 3. The molecule has 13 nitrogen and oxygen atoms in total. The van der Waals surface area contributed by atoms with E-state index in [4.69, 9.17) is 9.47 Å². The number of thioether (sulfide) groups is 2. The first-order chi connectivity index (χ1) is 25.7. The maximum Gasteiger partial charge on any atom is 0.447 e. The number of carbonyl (C=O) groups excluding carboxylic acids is 3. The Morgan fingerprint density at radius 2 is 1.30 bits per heavy atom. The van der Waals surface area contributed by atoms with Crippen LogP contribution in [-0.4, -0.2) is 70.1 Å². The lowest BCUT2D eigenvalue weighted by Crippen LogP contribution is -2.28. The van der Waals surface area contributed by atoms with Crippen molar-refractivity contribution in [3.05, 3.63) is 90.0 Å². The van der Waals surface area contributed by atoms with Gasteiger partial charge in [-0.25, -0.2) is 18.2 Å². The molecule has 18 heteroatoms. The van der Waals surface area contributed by atoms with Crippen molar-refractivity contribution in [1.29, 1.82) is 5.26 Å². The molecule has 0 heterocycles. The van der Waals surface area contributed by atoms with E-state index < -0.39 is 36.8 Å². The van der Waals surface area contributed by atoms with E-state index in [1.54, 1.807) is 62.4 Å². The maximum atomic E-state index is 13.0. The molecule has 290 valence electrons.